The molecule has 17 heavy (non-hydrogen) atoms. The first-order chi connectivity index (χ1) is 8.17. The van der Waals surface area contributed by atoms with Crippen LogP contribution in [0.3, 0.4) is 0 Å². The highest BCUT2D eigenvalue weighted by Crippen LogP contribution is 2.22. The lowest BCUT2D eigenvalue weighted by atomic mass is 10.2. The van der Waals surface area contributed by atoms with Crippen LogP contribution < -0.4 is 15.4 Å². The van der Waals surface area contributed by atoms with E-state index in [1.807, 2.05) is 18.2 Å². The quantitative estimate of drug-likeness (QED) is 0.840. The smallest absolute Gasteiger partial charge is 0.257 e. The molecule has 0 bridgehead atoms. The first-order valence-electron chi connectivity index (χ1n) is 5.50. The number of carbonyl (C=O) groups is 1. The zero-order valence-electron chi connectivity index (χ0n) is 10.0. The third kappa shape index (κ3) is 4.75. The van der Waals surface area contributed by atoms with E-state index in [2.05, 4.69) is 33.5 Å². The van der Waals surface area contributed by atoms with E-state index in [1.165, 1.54) is 0 Å². The molecule has 1 aromatic rings. The van der Waals surface area contributed by atoms with Gasteiger partial charge in [0.1, 0.15) is 5.75 Å². The van der Waals surface area contributed by atoms with E-state index >= 15 is 0 Å². The summed E-state index contributed by atoms with van der Waals surface area (Å²) in [6.07, 6.45) is 0. The molecule has 0 saturated heterocycles. The molecular formula is C12H17BrN2O2. The zero-order valence-corrected chi connectivity index (χ0v) is 11.6. The lowest BCUT2D eigenvalue weighted by molar-refractivity contribution is -0.122. The Balaban J connectivity index is 2.64. The molecule has 0 radical (unpaired) electrons. The highest BCUT2D eigenvalue weighted by molar-refractivity contribution is 9.10. The number of hydrogen-bond donors (Lipinski definition) is 2. The average Bonchev–Trinajstić information content (AvgIpc) is 2.35. The molecule has 0 saturated carbocycles. The van der Waals surface area contributed by atoms with Gasteiger partial charge in [0, 0.05) is 18.1 Å². The Bertz CT molecular complexity index is 383. The van der Waals surface area contributed by atoms with Crippen LogP contribution in [0, 0.1) is 0 Å². The van der Waals surface area contributed by atoms with Crippen LogP contribution in [0.5, 0.6) is 5.75 Å². The van der Waals surface area contributed by atoms with Crippen molar-refractivity contribution in [3.05, 3.63) is 28.2 Å². The molecular weight excluding hydrogens is 284 g/mol. The van der Waals surface area contributed by atoms with Crippen LogP contribution in [0.15, 0.2) is 22.7 Å². The van der Waals surface area contributed by atoms with Gasteiger partial charge in [-0.25, -0.2) is 0 Å². The molecule has 94 valence electrons. The van der Waals surface area contributed by atoms with Crippen molar-refractivity contribution in [2.75, 3.05) is 20.2 Å². The van der Waals surface area contributed by atoms with Crippen LogP contribution in [0.2, 0.25) is 0 Å². The largest absolute Gasteiger partial charge is 0.484 e. The maximum atomic E-state index is 11.1. The number of carbonyl (C=O) groups excluding carboxylic acids is 1. The molecule has 0 aliphatic heterocycles. The van der Waals surface area contributed by atoms with Gasteiger partial charge in [0.2, 0.25) is 0 Å². The van der Waals surface area contributed by atoms with Crippen molar-refractivity contribution in [3.63, 3.8) is 0 Å². The highest BCUT2D eigenvalue weighted by Gasteiger charge is 2.04. The fraction of sp³-hybridized carbons (Fsp3) is 0.417. The third-order valence-corrected chi connectivity index (χ3v) is 3.01. The number of amides is 1. The summed E-state index contributed by atoms with van der Waals surface area (Å²) in [6.45, 7) is 3.78. The van der Waals surface area contributed by atoms with Gasteiger partial charge in [-0.15, -0.1) is 0 Å². The van der Waals surface area contributed by atoms with Crippen molar-refractivity contribution < 1.29 is 9.53 Å². The lowest BCUT2D eigenvalue weighted by Crippen LogP contribution is -2.24. The van der Waals surface area contributed by atoms with Gasteiger partial charge in [0.05, 0.1) is 0 Å². The molecule has 0 aromatic heterocycles. The molecule has 1 rings (SSSR count). The molecule has 2 N–H and O–H groups in total. The van der Waals surface area contributed by atoms with Gasteiger partial charge in [-0.2, -0.15) is 0 Å². The minimum absolute atomic E-state index is 0.0405. The number of ether oxygens (including phenoxy) is 1. The van der Waals surface area contributed by atoms with Crippen molar-refractivity contribution in [2.45, 2.75) is 13.5 Å². The average molecular weight is 301 g/mol. The molecule has 4 nitrogen and oxygen atoms in total. The second-order valence-electron chi connectivity index (χ2n) is 3.50. The van der Waals surface area contributed by atoms with Crippen molar-refractivity contribution in [1.29, 1.82) is 0 Å². The summed E-state index contributed by atoms with van der Waals surface area (Å²) in [4.78, 5) is 11.1. The van der Waals surface area contributed by atoms with Gasteiger partial charge in [0.25, 0.3) is 5.91 Å². The van der Waals surface area contributed by atoms with E-state index in [-0.39, 0.29) is 12.5 Å². The Labute approximate surface area is 110 Å². The van der Waals surface area contributed by atoms with E-state index in [4.69, 9.17) is 4.74 Å². The fourth-order valence-corrected chi connectivity index (χ4v) is 1.64. The van der Waals surface area contributed by atoms with Gasteiger partial charge in [-0.1, -0.05) is 22.9 Å². The zero-order chi connectivity index (χ0) is 12.7. The molecule has 0 spiro atoms. The number of halogens is 1. The van der Waals surface area contributed by atoms with Gasteiger partial charge in [0.15, 0.2) is 6.61 Å². The second kappa shape index (κ2) is 7.29. The first kappa shape index (κ1) is 14.0. The maximum absolute atomic E-state index is 11.1. The Morgan fingerprint density at radius 2 is 2.24 bits per heavy atom. The number of likely N-dealkylation sites (N-methyl/N-ethyl adjacent to an activating group) is 1. The first-order valence-corrected chi connectivity index (χ1v) is 6.29. The van der Waals surface area contributed by atoms with Gasteiger partial charge < -0.3 is 15.4 Å². The van der Waals surface area contributed by atoms with Crippen molar-refractivity contribution in [3.8, 4) is 5.75 Å². The molecule has 1 amide bonds. The number of benzene rings is 1. The molecule has 1 aromatic carbocycles. The van der Waals surface area contributed by atoms with E-state index in [0.717, 1.165) is 23.1 Å². The van der Waals surface area contributed by atoms with E-state index in [1.54, 1.807) is 7.05 Å². The SMILES string of the molecule is CCNCc1cc(OCC(=O)NC)ccc1Br. The molecule has 0 heterocycles. The highest BCUT2D eigenvalue weighted by atomic mass is 79.9. The minimum Gasteiger partial charge on any atom is -0.484 e. The molecule has 0 fully saturated rings. The van der Waals surface area contributed by atoms with Gasteiger partial charge >= 0.3 is 0 Å². The Hall–Kier alpha value is -1.07. The normalized spacial score (nSPS) is 10.1. The number of nitrogens with one attached hydrogen (secondary N) is 2. The summed E-state index contributed by atoms with van der Waals surface area (Å²) in [5.41, 5.74) is 1.11. The van der Waals surface area contributed by atoms with Gasteiger partial charge in [-0.05, 0) is 30.3 Å². The predicted octanol–water partition coefficient (Wildman–Crippen LogP) is 1.68. The summed E-state index contributed by atoms with van der Waals surface area (Å²) in [5.74, 6) is 0.561. The lowest BCUT2D eigenvalue weighted by Gasteiger charge is -2.09. The number of hydrogen-bond acceptors (Lipinski definition) is 3. The summed E-state index contributed by atoms with van der Waals surface area (Å²) in [7, 11) is 1.59. The molecule has 5 heteroatoms. The van der Waals surface area contributed by atoms with Crippen molar-refractivity contribution in [2.24, 2.45) is 0 Å². The van der Waals surface area contributed by atoms with Crippen LogP contribution in [-0.2, 0) is 11.3 Å². The maximum Gasteiger partial charge on any atom is 0.257 e. The van der Waals surface area contributed by atoms with Crippen LogP contribution in [0.25, 0.3) is 0 Å². The van der Waals surface area contributed by atoms with Crippen LogP contribution >= 0.6 is 15.9 Å². The second-order valence-corrected chi connectivity index (χ2v) is 4.35. The van der Waals surface area contributed by atoms with Crippen LogP contribution in [0.1, 0.15) is 12.5 Å². The predicted molar refractivity (Wildman–Crippen MR) is 71.1 cm³/mol. The standard InChI is InChI=1S/C12H17BrN2O2/c1-3-15-7-9-6-10(4-5-11(9)13)17-8-12(16)14-2/h4-6,15H,3,7-8H2,1-2H3,(H,14,16). The van der Waals surface area contributed by atoms with E-state index in [9.17, 15) is 4.79 Å². The molecule has 0 unspecified atom stereocenters. The molecule has 0 atom stereocenters. The fourth-order valence-electron chi connectivity index (χ4n) is 1.26. The van der Waals surface area contributed by atoms with Crippen molar-refractivity contribution in [1.82, 2.24) is 10.6 Å². The Morgan fingerprint density at radius 1 is 1.47 bits per heavy atom. The van der Waals surface area contributed by atoms with E-state index in [0.29, 0.717) is 5.75 Å². The summed E-state index contributed by atoms with van der Waals surface area (Å²) in [5, 5.41) is 5.75. The molecule has 0 aliphatic rings. The van der Waals surface area contributed by atoms with Crippen LogP contribution in [0.4, 0.5) is 0 Å². The Kier molecular flexibility index (Phi) is 6.00. The van der Waals surface area contributed by atoms with Crippen molar-refractivity contribution >= 4 is 21.8 Å². The van der Waals surface area contributed by atoms with E-state index < -0.39 is 0 Å². The molecule has 0 aliphatic carbocycles. The monoisotopic (exact) mass is 300 g/mol. The summed E-state index contributed by atoms with van der Waals surface area (Å²) < 4.78 is 6.41. The third-order valence-electron chi connectivity index (χ3n) is 2.23. The minimum atomic E-state index is -0.138. The summed E-state index contributed by atoms with van der Waals surface area (Å²) in [6, 6.07) is 5.68. The van der Waals surface area contributed by atoms with Gasteiger partial charge in [-0.3, -0.25) is 4.79 Å². The Morgan fingerprint density at radius 3 is 2.88 bits per heavy atom. The van der Waals surface area contributed by atoms with Crippen LogP contribution in [-0.4, -0.2) is 26.1 Å². The number of rotatable bonds is 6. The summed E-state index contributed by atoms with van der Waals surface area (Å²) >= 11 is 3.48. The topological polar surface area (TPSA) is 50.4 Å².